The maximum atomic E-state index is 4.52. The van der Waals surface area contributed by atoms with E-state index in [1.165, 1.54) is 25.9 Å². The van der Waals surface area contributed by atoms with Crippen molar-refractivity contribution < 1.29 is 0 Å². The van der Waals surface area contributed by atoms with Crippen molar-refractivity contribution >= 4 is 6.21 Å². The lowest BCUT2D eigenvalue weighted by Gasteiger charge is -2.34. The lowest BCUT2D eigenvalue weighted by molar-refractivity contribution is 0.161. The number of aliphatic imine (C=N–C) groups is 1. The van der Waals surface area contributed by atoms with Gasteiger partial charge in [0.15, 0.2) is 0 Å². The van der Waals surface area contributed by atoms with Crippen molar-refractivity contribution in [1.29, 1.82) is 0 Å². The summed E-state index contributed by atoms with van der Waals surface area (Å²) in [7, 11) is 0. The largest absolute Gasteiger partial charge is 0.279 e. The van der Waals surface area contributed by atoms with Gasteiger partial charge < -0.3 is 0 Å². The third kappa shape index (κ3) is 0.788. The summed E-state index contributed by atoms with van der Waals surface area (Å²) in [4.78, 5) is 7.02. The first-order chi connectivity index (χ1) is 4.81. The molecule has 10 heavy (non-hydrogen) atoms. The molecule has 1 atom stereocenters. The lowest BCUT2D eigenvalue weighted by Crippen LogP contribution is -2.42. The van der Waals surface area contributed by atoms with Crippen LogP contribution in [0.25, 0.3) is 0 Å². The predicted octanol–water partition coefficient (Wildman–Crippen LogP) is 1.27. The first-order valence-corrected chi connectivity index (χ1v) is 4.10. The van der Waals surface area contributed by atoms with Gasteiger partial charge in [-0.3, -0.25) is 9.89 Å². The Morgan fingerprint density at radius 1 is 1.50 bits per heavy atom. The highest BCUT2D eigenvalue weighted by Crippen LogP contribution is 2.31. The van der Waals surface area contributed by atoms with Crippen molar-refractivity contribution in [1.82, 2.24) is 4.90 Å². The van der Waals surface area contributed by atoms with Crippen LogP contribution in [0, 0.1) is 0 Å². The van der Waals surface area contributed by atoms with Crippen molar-refractivity contribution in [3.05, 3.63) is 0 Å². The van der Waals surface area contributed by atoms with Crippen LogP contribution in [-0.4, -0.2) is 29.9 Å². The van der Waals surface area contributed by atoms with Crippen LogP contribution < -0.4 is 0 Å². The third-order valence-corrected chi connectivity index (χ3v) is 2.66. The Balaban J connectivity index is 2.23. The molecule has 0 aliphatic carbocycles. The van der Waals surface area contributed by atoms with Crippen LogP contribution in [0.4, 0.5) is 0 Å². The van der Waals surface area contributed by atoms with E-state index >= 15 is 0 Å². The first kappa shape index (κ1) is 6.35. The molecule has 0 N–H and O–H groups in total. The molecule has 1 saturated heterocycles. The molecule has 0 radical (unpaired) electrons. The zero-order valence-electron chi connectivity index (χ0n) is 6.51. The fourth-order valence-electron chi connectivity index (χ4n) is 1.98. The molecule has 2 aliphatic heterocycles. The lowest BCUT2D eigenvalue weighted by atomic mass is 10.1. The molecule has 56 valence electrons. The van der Waals surface area contributed by atoms with Crippen LogP contribution in [0.2, 0.25) is 0 Å². The quantitative estimate of drug-likeness (QED) is 0.492. The Bertz CT molecular complexity index is 165. The van der Waals surface area contributed by atoms with Crippen LogP contribution in [0.5, 0.6) is 0 Å². The van der Waals surface area contributed by atoms with Gasteiger partial charge in [-0.2, -0.15) is 0 Å². The van der Waals surface area contributed by atoms with Gasteiger partial charge in [-0.15, -0.1) is 0 Å². The molecule has 2 heteroatoms. The molecule has 0 spiro atoms. The van der Waals surface area contributed by atoms with Crippen molar-refractivity contribution in [2.75, 3.05) is 13.1 Å². The van der Waals surface area contributed by atoms with Gasteiger partial charge in [0.2, 0.25) is 0 Å². The van der Waals surface area contributed by atoms with Crippen LogP contribution >= 0.6 is 0 Å². The Morgan fingerprint density at radius 3 is 3.20 bits per heavy atom. The van der Waals surface area contributed by atoms with Crippen molar-refractivity contribution in [3.8, 4) is 0 Å². The van der Waals surface area contributed by atoms with E-state index in [9.17, 15) is 0 Å². The van der Waals surface area contributed by atoms with Gasteiger partial charge in [-0.25, -0.2) is 0 Å². The fraction of sp³-hybridized carbons (Fsp3) is 0.875. The standard InChI is InChI=1S/C8H14N2/c1-8-4-2-6-10(8)7-3-5-9-8/h5H,2-4,6-7H2,1H3. The second-order valence-electron chi connectivity index (χ2n) is 3.41. The van der Waals surface area contributed by atoms with Crippen molar-refractivity contribution in [2.24, 2.45) is 4.99 Å². The summed E-state index contributed by atoms with van der Waals surface area (Å²) in [6.07, 6.45) is 5.81. The Morgan fingerprint density at radius 2 is 2.40 bits per heavy atom. The van der Waals surface area contributed by atoms with Gasteiger partial charge in [0.1, 0.15) is 5.66 Å². The molecule has 0 amide bonds. The summed E-state index contributed by atoms with van der Waals surface area (Å²) in [5, 5.41) is 0. The number of hydrogen-bond acceptors (Lipinski definition) is 2. The zero-order chi connectivity index (χ0) is 7.03. The van der Waals surface area contributed by atoms with E-state index in [-0.39, 0.29) is 5.66 Å². The van der Waals surface area contributed by atoms with Gasteiger partial charge in [0, 0.05) is 19.3 Å². The molecule has 1 fully saturated rings. The molecule has 2 rings (SSSR count). The topological polar surface area (TPSA) is 15.6 Å². The summed E-state index contributed by atoms with van der Waals surface area (Å²) in [6, 6.07) is 0. The average molecular weight is 138 g/mol. The molecule has 0 aromatic heterocycles. The smallest absolute Gasteiger partial charge is 0.109 e. The van der Waals surface area contributed by atoms with E-state index < -0.39 is 0 Å². The number of nitrogens with zero attached hydrogens (tertiary/aromatic N) is 2. The molecular formula is C8H14N2. The summed E-state index contributed by atoms with van der Waals surface area (Å²) < 4.78 is 0. The summed E-state index contributed by atoms with van der Waals surface area (Å²) >= 11 is 0. The molecule has 1 unspecified atom stereocenters. The minimum atomic E-state index is 0.193. The van der Waals surface area contributed by atoms with Gasteiger partial charge >= 0.3 is 0 Å². The van der Waals surface area contributed by atoms with E-state index in [0.717, 1.165) is 6.42 Å². The van der Waals surface area contributed by atoms with E-state index in [0.29, 0.717) is 0 Å². The molecule has 0 aromatic carbocycles. The maximum absolute atomic E-state index is 4.52. The molecule has 0 bridgehead atoms. The predicted molar refractivity (Wildman–Crippen MR) is 42.3 cm³/mol. The second-order valence-corrected chi connectivity index (χ2v) is 3.41. The number of fused-ring (bicyclic) bond motifs is 1. The summed E-state index contributed by atoms with van der Waals surface area (Å²) in [6.45, 7) is 4.73. The van der Waals surface area contributed by atoms with Crippen LogP contribution in [0.1, 0.15) is 26.2 Å². The van der Waals surface area contributed by atoms with Crippen molar-refractivity contribution in [3.63, 3.8) is 0 Å². The van der Waals surface area contributed by atoms with E-state index in [4.69, 9.17) is 0 Å². The minimum Gasteiger partial charge on any atom is -0.279 e. The van der Waals surface area contributed by atoms with Crippen LogP contribution in [0.3, 0.4) is 0 Å². The normalized spacial score (nSPS) is 40.1. The van der Waals surface area contributed by atoms with Crippen LogP contribution in [-0.2, 0) is 0 Å². The molecule has 0 saturated carbocycles. The van der Waals surface area contributed by atoms with E-state index in [1.807, 2.05) is 0 Å². The van der Waals surface area contributed by atoms with Crippen LogP contribution in [0.15, 0.2) is 4.99 Å². The monoisotopic (exact) mass is 138 g/mol. The number of rotatable bonds is 0. The van der Waals surface area contributed by atoms with Gasteiger partial charge in [-0.05, 0) is 26.2 Å². The molecule has 0 aromatic rings. The SMILES string of the molecule is CC12CCCN1CCC=N2. The third-order valence-electron chi connectivity index (χ3n) is 2.66. The fourth-order valence-corrected chi connectivity index (χ4v) is 1.98. The van der Waals surface area contributed by atoms with Gasteiger partial charge in [-0.1, -0.05) is 0 Å². The number of hydrogen-bond donors (Lipinski definition) is 0. The first-order valence-electron chi connectivity index (χ1n) is 4.10. The van der Waals surface area contributed by atoms with Crippen molar-refractivity contribution in [2.45, 2.75) is 31.8 Å². The Labute approximate surface area is 61.9 Å². The van der Waals surface area contributed by atoms with E-state index in [1.54, 1.807) is 0 Å². The Hall–Kier alpha value is -0.370. The molecule has 2 aliphatic rings. The second kappa shape index (κ2) is 2.06. The van der Waals surface area contributed by atoms with Gasteiger partial charge in [0.25, 0.3) is 0 Å². The highest BCUT2D eigenvalue weighted by atomic mass is 15.3. The summed E-state index contributed by atoms with van der Waals surface area (Å²) in [5.41, 5.74) is 0.193. The van der Waals surface area contributed by atoms with Gasteiger partial charge in [0.05, 0.1) is 0 Å². The average Bonchev–Trinajstić information content (AvgIpc) is 2.29. The minimum absolute atomic E-state index is 0.193. The zero-order valence-corrected chi connectivity index (χ0v) is 6.51. The van der Waals surface area contributed by atoms with E-state index in [2.05, 4.69) is 23.0 Å². The highest BCUT2D eigenvalue weighted by Gasteiger charge is 2.36. The Kier molecular flexibility index (Phi) is 1.31. The molecule has 2 heterocycles. The summed E-state index contributed by atoms with van der Waals surface area (Å²) in [5.74, 6) is 0. The molecule has 2 nitrogen and oxygen atoms in total. The maximum Gasteiger partial charge on any atom is 0.109 e. The molecular weight excluding hydrogens is 124 g/mol. The highest BCUT2D eigenvalue weighted by molar-refractivity contribution is 5.59.